The lowest BCUT2D eigenvalue weighted by Crippen LogP contribution is -2.53. The maximum Gasteiger partial charge on any atom is 0.455 e. The van der Waals surface area contributed by atoms with Crippen molar-refractivity contribution in [3.63, 3.8) is 0 Å². The normalized spacial score (nSPS) is 15.0. The predicted molar refractivity (Wildman–Crippen MR) is 97.1 cm³/mol. The van der Waals surface area contributed by atoms with Gasteiger partial charge in [-0.1, -0.05) is 5.16 Å². The second-order valence-electron chi connectivity index (χ2n) is 6.88. The molecule has 0 unspecified atom stereocenters. The molecule has 0 saturated carbocycles. The van der Waals surface area contributed by atoms with Crippen molar-refractivity contribution in [2.75, 3.05) is 13.1 Å². The average molecular weight is 437 g/mol. The highest BCUT2D eigenvalue weighted by Gasteiger charge is 2.38. The minimum Gasteiger partial charge on any atom is -0.486 e. The van der Waals surface area contributed by atoms with Crippen molar-refractivity contribution in [2.24, 2.45) is 5.73 Å². The van der Waals surface area contributed by atoms with E-state index in [4.69, 9.17) is 10.5 Å². The van der Waals surface area contributed by atoms with Crippen LogP contribution in [0.25, 0.3) is 11.3 Å². The summed E-state index contributed by atoms with van der Waals surface area (Å²) in [5, 5.41) is 2.91. The van der Waals surface area contributed by atoms with Crippen molar-refractivity contribution in [3.05, 3.63) is 59.6 Å². The number of hydrogen-bond acceptors (Lipinski definition) is 7. The van der Waals surface area contributed by atoms with Crippen molar-refractivity contribution < 1.29 is 31.6 Å². The lowest BCUT2D eigenvalue weighted by molar-refractivity contribution is -0.146. The fourth-order valence-electron chi connectivity index (χ4n) is 3.04. The van der Waals surface area contributed by atoms with Crippen molar-refractivity contribution in [1.29, 1.82) is 0 Å². The van der Waals surface area contributed by atoms with Gasteiger partial charge in [0.05, 0.1) is 24.0 Å². The summed E-state index contributed by atoms with van der Waals surface area (Å²) >= 11 is 0. The average Bonchev–Trinajstić information content (AvgIpc) is 3.16. The molecule has 1 aromatic carbocycles. The van der Waals surface area contributed by atoms with E-state index < -0.39 is 23.7 Å². The van der Waals surface area contributed by atoms with Crippen LogP contribution in [-0.4, -0.2) is 45.1 Å². The lowest BCUT2D eigenvalue weighted by atomic mass is 10.1. The molecule has 2 N–H and O–H groups in total. The van der Waals surface area contributed by atoms with Gasteiger partial charge in [0.1, 0.15) is 17.7 Å². The second-order valence-corrected chi connectivity index (χ2v) is 6.88. The third kappa shape index (κ3) is 4.63. The molecule has 1 fully saturated rings. The molecule has 3 heterocycles. The van der Waals surface area contributed by atoms with Crippen LogP contribution in [0, 0.1) is 5.82 Å². The first-order chi connectivity index (χ1) is 14.7. The van der Waals surface area contributed by atoms with Crippen LogP contribution in [0.5, 0.6) is 5.75 Å². The minimum atomic E-state index is -4.64. The van der Waals surface area contributed by atoms with E-state index in [0.29, 0.717) is 30.1 Å². The Morgan fingerprint density at radius 2 is 2.03 bits per heavy atom. The van der Waals surface area contributed by atoms with Crippen LogP contribution in [0.1, 0.15) is 22.1 Å². The molecule has 0 radical (unpaired) electrons. The zero-order valence-electron chi connectivity index (χ0n) is 15.8. The molecule has 8 nitrogen and oxygen atoms in total. The minimum absolute atomic E-state index is 0.0902. The van der Waals surface area contributed by atoms with E-state index in [1.165, 1.54) is 18.3 Å². The maximum absolute atomic E-state index is 13.6. The Bertz CT molecular complexity index is 1090. The van der Waals surface area contributed by atoms with Gasteiger partial charge in [-0.25, -0.2) is 4.39 Å². The highest BCUT2D eigenvalue weighted by molar-refractivity contribution is 5.94. The van der Waals surface area contributed by atoms with Gasteiger partial charge in [-0.3, -0.25) is 14.7 Å². The first-order valence-electron chi connectivity index (χ1n) is 9.03. The van der Waals surface area contributed by atoms with Crippen LogP contribution >= 0.6 is 0 Å². The predicted octanol–water partition coefficient (Wildman–Crippen LogP) is 2.65. The van der Waals surface area contributed by atoms with Crippen LogP contribution in [0.2, 0.25) is 0 Å². The Morgan fingerprint density at radius 1 is 1.26 bits per heavy atom. The summed E-state index contributed by atoms with van der Waals surface area (Å²) < 4.78 is 61.4. The van der Waals surface area contributed by atoms with E-state index >= 15 is 0 Å². The number of nitrogens with two attached hydrogens (primary N) is 1. The topological polar surface area (TPSA) is 107 Å². The van der Waals surface area contributed by atoms with Gasteiger partial charge in [0.25, 0.3) is 11.7 Å². The summed E-state index contributed by atoms with van der Waals surface area (Å²) in [6.07, 6.45) is -3.33. The van der Waals surface area contributed by atoms with Crippen LogP contribution in [0.3, 0.4) is 0 Å². The summed E-state index contributed by atoms with van der Waals surface area (Å²) in [5.74, 6) is -2.51. The van der Waals surface area contributed by atoms with Crippen molar-refractivity contribution in [3.8, 4) is 17.0 Å². The summed E-state index contributed by atoms with van der Waals surface area (Å²) in [6.45, 7) is 1.02. The molecule has 0 spiro atoms. The van der Waals surface area contributed by atoms with Crippen molar-refractivity contribution in [2.45, 2.75) is 18.8 Å². The number of primary amides is 1. The van der Waals surface area contributed by atoms with Gasteiger partial charge < -0.3 is 15.0 Å². The first kappa shape index (κ1) is 20.7. The largest absolute Gasteiger partial charge is 0.486 e. The van der Waals surface area contributed by atoms with Crippen LogP contribution in [-0.2, 0) is 12.7 Å². The Kier molecular flexibility index (Phi) is 5.31. The molecule has 0 aliphatic carbocycles. The monoisotopic (exact) mass is 437 g/mol. The third-order valence-corrected chi connectivity index (χ3v) is 4.57. The molecule has 0 atom stereocenters. The van der Waals surface area contributed by atoms with E-state index in [2.05, 4.69) is 19.6 Å². The van der Waals surface area contributed by atoms with E-state index in [1.807, 2.05) is 0 Å². The molecule has 31 heavy (non-hydrogen) atoms. The van der Waals surface area contributed by atoms with Gasteiger partial charge in [-0.15, -0.1) is 0 Å². The number of nitrogens with zero attached hydrogens (tertiary/aromatic N) is 4. The number of hydrogen-bond donors (Lipinski definition) is 1. The summed E-state index contributed by atoms with van der Waals surface area (Å²) in [7, 11) is 0. The highest BCUT2D eigenvalue weighted by Crippen LogP contribution is 2.27. The van der Waals surface area contributed by atoms with E-state index in [0.717, 1.165) is 6.07 Å². The number of pyridine rings is 1. The SMILES string of the molecule is NC(=O)c1cc(-c2ccc(OC3CN(Cc4nc(C(F)(F)F)no4)C3)cn2)ccc1F. The highest BCUT2D eigenvalue weighted by atomic mass is 19.4. The van der Waals surface area contributed by atoms with E-state index in [-0.39, 0.29) is 24.1 Å². The molecule has 2 aromatic heterocycles. The molecule has 4 rings (SSSR count). The number of amides is 1. The second kappa shape index (κ2) is 7.95. The molecule has 12 heteroatoms. The number of likely N-dealkylation sites (tertiary alicyclic amines) is 1. The number of rotatable bonds is 6. The Hall–Kier alpha value is -3.54. The number of carbonyl (C=O) groups is 1. The molecule has 1 aliphatic rings. The number of aromatic nitrogens is 3. The zero-order chi connectivity index (χ0) is 22.2. The lowest BCUT2D eigenvalue weighted by Gasteiger charge is -2.37. The van der Waals surface area contributed by atoms with Gasteiger partial charge in [0, 0.05) is 18.7 Å². The maximum atomic E-state index is 13.6. The van der Waals surface area contributed by atoms with Crippen molar-refractivity contribution in [1.82, 2.24) is 20.0 Å². The van der Waals surface area contributed by atoms with Crippen molar-refractivity contribution >= 4 is 5.91 Å². The number of carbonyl (C=O) groups excluding carboxylic acids is 1. The number of halogens is 4. The van der Waals surface area contributed by atoms with Gasteiger partial charge >= 0.3 is 6.18 Å². The summed E-state index contributed by atoms with van der Waals surface area (Å²) in [4.78, 5) is 20.7. The zero-order valence-corrected chi connectivity index (χ0v) is 15.8. The fraction of sp³-hybridized carbons (Fsp3) is 0.263. The smallest absolute Gasteiger partial charge is 0.455 e. The molecular formula is C19H15F4N5O3. The molecule has 162 valence electrons. The van der Waals surface area contributed by atoms with E-state index in [1.54, 1.807) is 17.0 Å². The van der Waals surface area contributed by atoms with Gasteiger partial charge in [0.2, 0.25) is 5.89 Å². The number of alkyl halides is 3. The van der Waals surface area contributed by atoms with Gasteiger partial charge in [-0.05, 0) is 30.3 Å². The van der Waals surface area contributed by atoms with E-state index in [9.17, 15) is 22.4 Å². The molecule has 3 aromatic rings. The Morgan fingerprint density at radius 3 is 2.65 bits per heavy atom. The molecule has 1 amide bonds. The quantitative estimate of drug-likeness (QED) is 0.591. The molecule has 0 bridgehead atoms. The van der Waals surface area contributed by atoms with Crippen LogP contribution < -0.4 is 10.5 Å². The number of benzene rings is 1. The Balaban J connectivity index is 1.31. The first-order valence-corrected chi connectivity index (χ1v) is 9.03. The standard InChI is InChI=1S/C19H15F4N5O3/c20-14-3-1-10(5-13(14)17(24)29)15-4-2-11(6-25-15)30-12-7-28(8-12)9-16-26-18(27-31-16)19(21,22)23/h1-6,12H,7-9H2,(H2,24,29). The van der Waals surface area contributed by atoms with Gasteiger partial charge in [0.15, 0.2) is 0 Å². The van der Waals surface area contributed by atoms with Crippen LogP contribution in [0.15, 0.2) is 41.1 Å². The summed E-state index contributed by atoms with van der Waals surface area (Å²) in [5.41, 5.74) is 5.96. The fourth-order valence-corrected chi connectivity index (χ4v) is 3.04. The molecular weight excluding hydrogens is 422 g/mol. The van der Waals surface area contributed by atoms with Crippen LogP contribution in [0.4, 0.5) is 17.6 Å². The van der Waals surface area contributed by atoms with Gasteiger partial charge in [-0.2, -0.15) is 18.2 Å². The third-order valence-electron chi connectivity index (χ3n) is 4.57. The summed E-state index contributed by atoms with van der Waals surface area (Å²) in [6, 6.07) is 7.28. The Labute approximate surface area is 172 Å². The number of ether oxygens (including phenoxy) is 1. The molecule has 1 saturated heterocycles. The molecule has 1 aliphatic heterocycles.